The van der Waals surface area contributed by atoms with E-state index >= 15 is 0 Å². The first-order valence-corrected chi connectivity index (χ1v) is 7.70. The number of hydrogen-bond acceptors (Lipinski definition) is 3. The Morgan fingerprint density at radius 2 is 2.05 bits per heavy atom. The van der Waals surface area contributed by atoms with Crippen molar-refractivity contribution < 1.29 is 5.11 Å². The van der Waals surface area contributed by atoms with E-state index in [1.54, 1.807) is 0 Å². The van der Waals surface area contributed by atoms with E-state index in [-0.39, 0.29) is 12.1 Å². The second kappa shape index (κ2) is 5.63. The highest BCUT2D eigenvalue weighted by Gasteiger charge is 2.26. The molecule has 0 aromatic carbocycles. The molecule has 2 aliphatic carbocycles. The van der Waals surface area contributed by atoms with Crippen LogP contribution in [0.5, 0.6) is 0 Å². The van der Waals surface area contributed by atoms with Crippen LogP contribution in [-0.2, 0) is 6.54 Å². The van der Waals surface area contributed by atoms with E-state index in [0.29, 0.717) is 0 Å². The number of aliphatic hydroxyl groups is 1. The van der Waals surface area contributed by atoms with E-state index in [4.69, 9.17) is 0 Å². The van der Waals surface area contributed by atoms with Crippen molar-refractivity contribution in [3.8, 4) is 0 Å². The van der Waals surface area contributed by atoms with E-state index in [1.165, 1.54) is 36.9 Å². The van der Waals surface area contributed by atoms with Gasteiger partial charge in [-0.2, -0.15) is 5.10 Å². The number of hydrogen-bond donors (Lipinski definition) is 2. The van der Waals surface area contributed by atoms with Crippen LogP contribution in [-0.4, -0.2) is 27.0 Å². The fourth-order valence-corrected chi connectivity index (χ4v) is 3.06. The highest BCUT2D eigenvalue weighted by molar-refractivity contribution is 5.17. The van der Waals surface area contributed by atoms with Crippen LogP contribution in [0, 0.1) is 6.92 Å². The molecule has 0 amide bonds. The standard InChI is InChI=1S/C15H25N3O/c1-11-12(9-16-13-7-8-13)10-17-18(11)14-5-3-2-4-6-15(14)19/h10,13-16,19H,2-9H2,1H3. The Morgan fingerprint density at radius 3 is 2.84 bits per heavy atom. The Hall–Kier alpha value is -0.870. The van der Waals surface area contributed by atoms with Crippen LogP contribution in [0.25, 0.3) is 0 Å². The molecule has 3 rings (SSSR count). The Kier molecular flexibility index (Phi) is 3.89. The second-order valence-corrected chi connectivity index (χ2v) is 6.13. The number of rotatable bonds is 4. The predicted octanol–water partition coefficient (Wildman–Crippen LogP) is 2.31. The molecule has 2 saturated carbocycles. The lowest BCUT2D eigenvalue weighted by Gasteiger charge is -2.22. The Bertz CT molecular complexity index is 425. The summed E-state index contributed by atoms with van der Waals surface area (Å²) in [6, 6.07) is 0.906. The third-order valence-corrected chi connectivity index (χ3v) is 4.56. The largest absolute Gasteiger partial charge is 0.391 e. The van der Waals surface area contributed by atoms with Crippen molar-refractivity contribution in [3.05, 3.63) is 17.5 Å². The minimum atomic E-state index is -0.231. The summed E-state index contributed by atoms with van der Waals surface area (Å²) in [5, 5.41) is 18.4. The summed E-state index contributed by atoms with van der Waals surface area (Å²) in [4.78, 5) is 0. The van der Waals surface area contributed by atoms with Gasteiger partial charge in [0.25, 0.3) is 0 Å². The van der Waals surface area contributed by atoms with Gasteiger partial charge in [-0.25, -0.2) is 0 Å². The van der Waals surface area contributed by atoms with Crippen LogP contribution in [0.1, 0.15) is 62.2 Å². The van der Waals surface area contributed by atoms with Gasteiger partial charge in [0, 0.05) is 23.8 Å². The maximum Gasteiger partial charge on any atom is 0.0781 e. The van der Waals surface area contributed by atoms with E-state index in [0.717, 1.165) is 31.8 Å². The van der Waals surface area contributed by atoms with Gasteiger partial charge in [0.05, 0.1) is 18.3 Å². The lowest BCUT2D eigenvalue weighted by atomic mass is 10.1. The molecule has 2 N–H and O–H groups in total. The molecule has 4 nitrogen and oxygen atoms in total. The topological polar surface area (TPSA) is 50.1 Å². The maximum absolute atomic E-state index is 10.3. The summed E-state index contributed by atoms with van der Waals surface area (Å²) in [6.07, 6.45) is 9.93. The summed E-state index contributed by atoms with van der Waals surface area (Å²) in [5.74, 6) is 0. The van der Waals surface area contributed by atoms with Gasteiger partial charge in [-0.05, 0) is 32.6 Å². The van der Waals surface area contributed by atoms with Crippen LogP contribution in [0.15, 0.2) is 6.20 Å². The Labute approximate surface area is 115 Å². The summed E-state index contributed by atoms with van der Waals surface area (Å²) in [7, 11) is 0. The molecule has 19 heavy (non-hydrogen) atoms. The van der Waals surface area contributed by atoms with Gasteiger partial charge < -0.3 is 10.4 Å². The summed E-state index contributed by atoms with van der Waals surface area (Å²) in [6.45, 7) is 3.05. The van der Waals surface area contributed by atoms with Crippen molar-refractivity contribution in [3.63, 3.8) is 0 Å². The van der Waals surface area contributed by atoms with Crippen molar-refractivity contribution in [2.24, 2.45) is 0 Å². The van der Waals surface area contributed by atoms with Gasteiger partial charge in [0.1, 0.15) is 0 Å². The van der Waals surface area contributed by atoms with Gasteiger partial charge in [-0.3, -0.25) is 4.68 Å². The molecule has 2 aliphatic rings. The van der Waals surface area contributed by atoms with E-state index in [1.807, 2.05) is 6.20 Å². The highest BCUT2D eigenvalue weighted by atomic mass is 16.3. The zero-order chi connectivity index (χ0) is 13.2. The summed E-state index contributed by atoms with van der Waals surface area (Å²) in [5.41, 5.74) is 2.50. The number of aliphatic hydroxyl groups excluding tert-OH is 1. The van der Waals surface area contributed by atoms with Gasteiger partial charge in [-0.1, -0.05) is 19.3 Å². The molecule has 4 heteroatoms. The lowest BCUT2D eigenvalue weighted by Crippen LogP contribution is -2.25. The Morgan fingerprint density at radius 1 is 1.26 bits per heavy atom. The monoisotopic (exact) mass is 263 g/mol. The van der Waals surface area contributed by atoms with Gasteiger partial charge in [0.2, 0.25) is 0 Å². The third kappa shape index (κ3) is 3.00. The van der Waals surface area contributed by atoms with Gasteiger partial charge >= 0.3 is 0 Å². The van der Waals surface area contributed by atoms with E-state index in [2.05, 4.69) is 22.0 Å². The smallest absolute Gasteiger partial charge is 0.0781 e. The van der Waals surface area contributed by atoms with Crippen molar-refractivity contribution in [2.75, 3.05) is 0 Å². The van der Waals surface area contributed by atoms with Crippen LogP contribution < -0.4 is 5.32 Å². The minimum absolute atomic E-state index is 0.178. The average molecular weight is 263 g/mol. The second-order valence-electron chi connectivity index (χ2n) is 6.13. The Balaban J connectivity index is 1.71. The zero-order valence-electron chi connectivity index (χ0n) is 11.8. The lowest BCUT2D eigenvalue weighted by molar-refractivity contribution is 0.0979. The van der Waals surface area contributed by atoms with Gasteiger partial charge in [-0.15, -0.1) is 0 Å². The van der Waals surface area contributed by atoms with Crippen molar-refractivity contribution >= 4 is 0 Å². The predicted molar refractivity (Wildman–Crippen MR) is 75.0 cm³/mol. The van der Waals surface area contributed by atoms with E-state index in [9.17, 15) is 5.11 Å². The number of nitrogens with zero attached hydrogens (tertiary/aromatic N) is 2. The van der Waals surface area contributed by atoms with Gasteiger partial charge in [0.15, 0.2) is 0 Å². The van der Waals surface area contributed by atoms with E-state index < -0.39 is 0 Å². The molecular formula is C15H25N3O. The van der Waals surface area contributed by atoms with Crippen molar-refractivity contribution in [2.45, 2.75) is 76.6 Å². The maximum atomic E-state index is 10.3. The van der Waals surface area contributed by atoms with Crippen LogP contribution in [0.4, 0.5) is 0 Å². The number of aromatic nitrogens is 2. The molecule has 2 fully saturated rings. The van der Waals surface area contributed by atoms with Crippen LogP contribution in [0.3, 0.4) is 0 Å². The highest BCUT2D eigenvalue weighted by Crippen LogP contribution is 2.29. The molecule has 106 valence electrons. The molecule has 2 unspecified atom stereocenters. The molecular weight excluding hydrogens is 238 g/mol. The normalized spacial score (nSPS) is 28.3. The molecule has 2 atom stereocenters. The third-order valence-electron chi connectivity index (χ3n) is 4.56. The molecule has 0 aliphatic heterocycles. The first kappa shape index (κ1) is 13.1. The molecule has 0 radical (unpaired) electrons. The van der Waals surface area contributed by atoms with Crippen LogP contribution >= 0.6 is 0 Å². The van der Waals surface area contributed by atoms with Crippen LogP contribution in [0.2, 0.25) is 0 Å². The molecule has 0 saturated heterocycles. The average Bonchev–Trinajstić information content (AvgIpc) is 3.18. The molecule has 1 heterocycles. The quantitative estimate of drug-likeness (QED) is 0.820. The zero-order valence-corrected chi connectivity index (χ0v) is 11.8. The van der Waals surface area contributed by atoms with Crippen molar-refractivity contribution in [1.29, 1.82) is 0 Å². The fourth-order valence-electron chi connectivity index (χ4n) is 3.06. The van der Waals surface area contributed by atoms with Crippen molar-refractivity contribution in [1.82, 2.24) is 15.1 Å². The first-order chi connectivity index (χ1) is 9.25. The molecule has 1 aromatic rings. The number of nitrogens with one attached hydrogen (secondary N) is 1. The fraction of sp³-hybridized carbons (Fsp3) is 0.800. The summed E-state index contributed by atoms with van der Waals surface area (Å²) >= 11 is 0. The molecule has 1 aromatic heterocycles. The summed E-state index contributed by atoms with van der Waals surface area (Å²) < 4.78 is 2.07. The SMILES string of the molecule is Cc1c(CNC2CC2)cnn1C1CCCCCC1O. The first-order valence-electron chi connectivity index (χ1n) is 7.70. The molecule has 0 spiro atoms. The minimum Gasteiger partial charge on any atom is -0.391 e. The molecule has 0 bridgehead atoms.